The molecule has 0 N–H and O–H groups in total. The van der Waals surface area contributed by atoms with Crippen molar-refractivity contribution in [1.82, 2.24) is 14.5 Å². The second-order valence-electron chi connectivity index (χ2n) is 7.15. The molecule has 4 rings (SSSR count). The summed E-state index contributed by atoms with van der Waals surface area (Å²) in [5.74, 6) is 1.98. The Morgan fingerprint density at radius 2 is 2.00 bits per heavy atom. The van der Waals surface area contributed by atoms with Crippen molar-refractivity contribution in [2.75, 3.05) is 33.4 Å². The Kier molecular flexibility index (Phi) is 5.41. The van der Waals surface area contributed by atoms with E-state index >= 15 is 0 Å². The summed E-state index contributed by atoms with van der Waals surface area (Å²) in [5, 5.41) is 2.42. The molecular formula is C22H27N3O2. The van der Waals surface area contributed by atoms with Gasteiger partial charge >= 0.3 is 0 Å². The normalized spacial score (nSPS) is 18.1. The van der Waals surface area contributed by atoms with Crippen LogP contribution in [0.3, 0.4) is 0 Å². The van der Waals surface area contributed by atoms with E-state index in [1.807, 2.05) is 12.3 Å². The minimum Gasteiger partial charge on any atom is -0.497 e. The van der Waals surface area contributed by atoms with Gasteiger partial charge in [-0.2, -0.15) is 0 Å². The van der Waals surface area contributed by atoms with Crippen molar-refractivity contribution >= 4 is 10.8 Å². The van der Waals surface area contributed by atoms with Crippen molar-refractivity contribution in [1.29, 1.82) is 0 Å². The molecule has 27 heavy (non-hydrogen) atoms. The molecule has 0 saturated carbocycles. The molecule has 142 valence electrons. The van der Waals surface area contributed by atoms with Gasteiger partial charge in [-0.15, -0.1) is 0 Å². The minimum absolute atomic E-state index is 0.139. The molecule has 1 fully saturated rings. The zero-order valence-corrected chi connectivity index (χ0v) is 16.1. The smallest absolute Gasteiger partial charge is 0.119 e. The average molecular weight is 365 g/mol. The van der Waals surface area contributed by atoms with Crippen LogP contribution in [0.4, 0.5) is 0 Å². The monoisotopic (exact) mass is 365 g/mol. The first-order valence-electron chi connectivity index (χ1n) is 9.62. The molecule has 2 heterocycles. The number of fused-ring (bicyclic) bond motifs is 1. The largest absolute Gasteiger partial charge is 0.497 e. The minimum atomic E-state index is 0.139. The van der Waals surface area contributed by atoms with Crippen LogP contribution in [0.25, 0.3) is 10.8 Å². The first-order chi connectivity index (χ1) is 13.2. The van der Waals surface area contributed by atoms with Crippen molar-refractivity contribution in [3.05, 3.63) is 60.2 Å². The van der Waals surface area contributed by atoms with E-state index in [2.05, 4.69) is 57.9 Å². The fourth-order valence-electron chi connectivity index (χ4n) is 3.78. The Hall–Kier alpha value is -2.37. The maximum atomic E-state index is 6.08. The Morgan fingerprint density at radius 3 is 2.81 bits per heavy atom. The Balaban J connectivity index is 1.38. The summed E-state index contributed by atoms with van der Waals surface area (Å²) in [6.45, 7) is 6.90. The zero-order chi connectivity index (χ0) is 18.6. The van der Waals surface area contributed by atoms with Crippen molar-refractivity contribution in [2.24, 2.45) is 0 Å². The molecule has 0 aliphatic carbocycles. The van der Waals surface area contributed by atoms with Crippen LogP contribution in [0.15, 0.2) is 48.8 Å². The fraction of sp³-hybridized carbons (Fsp3) is 0.409. The number of hydrogen-bond donors (Lipinski definition) is 0. The number of methoxy groups -OCH3 is 1. The molecule has 1 aliphatic rings. The summed E-state index contributed by atoms with van der Waals surface area (Å²) < 4.78 is 13.6. The van der Waals surface area contributed by atoms with E-state index in [4.69, 9.17) is 9.47 Å². The predicted octanol–water partition coefficient (Wildman–Crippen LogP) is 3.82. The van der Waals surface area contributed by atoms with Gasteiger partial charge in [-0.25, -0.2) is 4.98 Å². The molecule has 0 unspecified atom stereocenters. The summed E-state index contributed by atoms with van der Waals surface area (Å²) in [7, 11) is 1.70. The molecule has 2 aromatic carbocycles. The van der Waals surface area contributed by atoms with Gasteiger partial charge in [0.1, 0.15) is 11.6 Å². The van der Waals surface area contributed by atoms with Gasteiger partial charge < -0.3 is 14.0 Å². The summed E-state index contributed by atoms with van der Waals surface area (Å²) in [6, 6.07) is 12.8. The van der Waals surface area contributed by atoms with Crippen molar-refractivity contribution in [3.63, 3.8) is 0 Å². The first-order valence-corrected chi connectivity index (χ1v) is 9.62. The Morgan fingerprint density at radius 1 is 1.15 bits per heavy atom. The molecule has 0 amide bonds. The van der Waals surface area contributed by atoms with Crippen LogP contribution < -0.4 is 4.74 Å². The van der Waals surface area contributed by atoms with E-state index < -0.39 is 0 Å². The molecule has 3 aromatic rings. The topological polar surface area (TPSA) is 39.5 Å². The summed E-state index contributed by atoms with van der Waals surface area (Å²) in [6.07, 6.45) is 5.19. The molecule has 1 saturated heterocycles. The Bertz CT molecular complexity index is 905. The van der Waals surface area contributed by atoms with Crippen molar-refractivity contribution < 1.29 is 9.47 Å². The Labute approximate surface area is 160 Å². The third kappa shape index (κ3) is 4.15. The van der Waals surface area contributed by atoms with Gasteiger partial charge in [-0.1, -0.05) is 18.2 Å². The van der Waals surface area contributed by atoms with Crippen LogP contribution in [0, 0.1) is 6.92 Å². The van der Waals surface area contributed by atoms with Crippen LogP contribution in [0.1, 0.15) is 23.9 Å². The molecule has 0 bridgehead atoms. The molecule has 0 spiro atoms. The number of benzene rings is 2. The lowest BCUT2D eigenvalue weighted by molar-refractivity contribution is -0.0304. The second kappa shape index (κ2) is 8.11. The van der Waals surface area contributed by atoms with Crippen LogP contribution in [0.2, 0.25) is 0 Å². The average Bonchev–Trinajstić information content (AvgIpc) is 3.12. The quantitative estimate of drug-likeness (QED) is 0.666. The molecule has 1 aromatic heterocycles. The highest BCUT2D eigenvalue weighted by atomic mass is 16.5. The molecule has 1 aliphatic heterocycles. The fourth-order valence-corrected chi connectivity index (χ4v) is 3.78. The van der Waals surface area contributed by atoms with E-state index in [0.29, 0.717) is 0 Å². The summed E-state index contributed by atoms with van der Waals surface area (Å²) in [4.78, 5) is 6.80. The summed E-state index contributed by atoms with van der Waals surface area (Å²) in [5.41, 5.74) is 1.25. The van der Waals surface area contributed by atoms with E-state index in [1.165, 1.54) is 16.3 Å². The van der Waals surface area contributed by atoms with Gasteiger partial charge in [0, 0.05) is 38.6 Å². The summed E-state index contributed by atoms with van der Waals surface area (Å²) >= 11 is 0. The second-order valence-corrected chi connectivity index (χ2v) is 7.15. The van der Waals surface area contributed by atoms with E-state index in [-0.39, 0.29) is 6.10 Å². The lowest BCUT2D eigenvalue weighted by atomic mass is 10.0. The van der Waals surface area contributed by atoms with Gasteiger partial charge in [-0.05, 0) is 47.9 Å². The highest BCUT2D eigenvalue weighted by Crippen LogP contribution is 2.27. The number of morpholine rings is 1. The van der Waals surface area contributed by atoms with Crippen molar-refractivity contribution in [2.45, 2.75) is 26.0 Å². The van der Waals surface area contributed by atoms with Crippen LogP contribution >= 0.6 is 0 Å². The maximum absolute atomic E-state index is 6.08. The number of aryl methyl sites for hydroxylation is 2. The number of aromatic nitrogens is 2. The highest BCUT2D eigenvalue weighted by Gasteiger charge is 2.22. The van der Waals surface area contributed by atoms with E-state index in [0.717, 1.165) is 50.8 Å². The van der Waals surface area contributed by atoms with Crippen LogP contribution in [-0.2, 0) is 11.3 Å². The SMILES string of the molecule is COc1ccc2cc([C@@H]3CN(CCCn4ccnc4C)CCO3)ccc2c1. The first kappa shape index (κ1) is 18.0. The lowest BCUT2D eigenvalue weighted by Crippen LogP contribution is -2.39. The van der Waals surface area contributed by atoms with E-state index in [1.54, 1.807) is 7.11 Å². The number of rotatable bonds is 6. The van der Waals surface area contributed by atoms with Crippen LogP contribution in [0.5, 0.6) is 5.75 Å². The zero-order valence-electron chi connectivity index (χ0n) is 16.1. The highest BCUT2D eigenvalue weighted by molar-refractivity contribution is 5.84. The van der Waals surface area contributed by atoms with Gasteiger partial charge in [0.25, 0.3) is 0 Å². The third-order valence-electron chi connectivity index (χ3n) is 5.39. The number of hydrogen-bond acceptors (Lipinski definition) is 4. The molecular weight excluding hydrogens is 338 g/mol. The number of ether oxygens (including phenoxy) is 2. The van der Waals surface area contributed by atoms with Gasteiger partial charge in [0.05, 0.1) is 19.8 Å². The maximum Gasteiger partial charge on any atom is 0.119 e. The lowest BCUT2D eigenvalue weighted by Gasteiger charge is -2.33. The molecule has 5 nitrogen and oxygen atoms in total. The van der Waals surface area contributed by atoms with Crippen LogP contribution in [-0.4, -0.2) is 47.8 Å². The van der Waals surface area contributed by atoms with Crippen molar-refractivity contribution in [3.8, 4) is 5.75 Å². The van der Waals surface area contributed by atoms with Gasteiger partial charge in [0.2, 0.25) is 0 Å². The standard InChI is InChI=1S/C22H27N3O2/c1-17-23-8-11-25(17)10-3-9-24-12-13-27-22(16-24)20-5-4-19-15-21(26-2)7-6-18(19)14-20/h4-8,11,14-15,22H,3,9-10,12-13,16H2,1-2H3/t22-/m0/s1. The predicted molar refractivity (Wildman–Crippen MR) is 107 cm³/mol. The molecule has 5 heteroatoms. The molecule has 1 atom stereocenters. The number of imidazole rings is 1. The number of nitrogens with zero attached hydrogens (tertiary/aromatic N) is 3. The van der Waals surface area contributed by atoms with E-state index in [9.17, 15) is 0 Å². The van der Waals surface area contributed by atoms with Gasteiger partial charge in [0.15, 0.2) is 0 Å². The third-order valence-corrected chi connectivity index (χ3v) is 5.39. The molecule has 0 radical (unpaired) electrons. The van der Waals surface area contributed by atoms with Gasteiger partial charge in [-0.3, -0.25) is 4.90 Å².